The van der Waals surface area contributed by atoms with Crippen molar-refractivity contribution in [3.63, 3.8) is 0 Å². The van der Waals surface area contributed by atoms with Gasteiger partial charge in [-0.25, -0.2) is 8.78 Å². The van der Waals surface area contributed by atoms with Crippen LogP contribution in [0.5, 0.6) is 0 Å². The van der Waals surface area contributed by atoms with Crippen molar-refractivity contribution in [3.8, 4) is 0 Å². The molecule has 0 bridgehead atoms. The van der Waals surface area contributed by atoms with Crippen molar-refractivity contribution in [1.82, 2.24) is 9.80 Å². The molecule has 0 aromatic heterocycles. The average Bonchev–Trinajstić information content (AvgIpc) is 2.57. The highest BCUT2D eigenvalue weighted by Crippen LogP contribution is 2.12. The van der Waals surface area contributed by atoms with Crippen molar-refractivity contribution >= 4 is 11.8 Å². The van der Waals surface area contributed by atoms with E-state index in [0.29, 0.717) is 51.0 Å². The van der Waals surface area contributed by atoms with Gasteiger partial charge in [0.1, 0.15) is 6.61 Å². The fourth-order valence-corrected chi connectivity index (χ4v) is 2.60. The topological polar surface area (TPSA) is 60.9 Å². The van der Waals surface area contributed by atoms with Gasteiger partial charge < -0.3 is 14.9 Å². The van der Waals surface area contributed by atoms with Crippen molar-refractivity contribution in [2.75, 3.05) is 32.8 Å². The van der Waals surface area contributed by atoms with Crippen LogP contribution in [0.4, 0.5) is 8.78 Å². The van der Waals surface area contributed by atoms with Crippen LogP contribution in [0.15, 0.2) is 18.2 Å². The number of nitrogens with zero attached hydrogens (tertiary/aromatic N) is 2. The van der Waals surface area contributed by atoms with E-state index >= 15 is 0 Å². The summed E-state index contributed by atoms with van der Waals surface area (Å²) in [5.41, 5.74) is 0.662. The maximum Gasteiger partial charge on any atom is 0.248 e. The summed E-state index contributed by atoms with van der Waals surface area (Å²) < 4.78 is 25.9. The fourth-order valence-electron chi connectivity index (χ4n) is 2.60. The minimum absolute atomic E-state index is 0.0105. The molecule has 0 unspecified atom stereocenters. The van der Waals surface area contributed by atoms with E-state index in [2.05, 4.69) is 0 Å². The van der Waals surface area contributed by atoms with Gasteiger partial charge in [0.2, 0.25) is 11.8 Å². The van der Waals surface area contributed by atoms with Crippen molar-refractivity contribution in [2.24, 2.45) is 0 Å². The number of rotatable bonds is 5. The van der Waals surface area contributed by atoms with Crippen LogP contribution in [0, 0.1) is 11.6 Å². The molecule has 7 heteroatoms. The number of piperazine rings is 1. The predicted molar refractivity (Wildman–Crippen MR) is 79.5 cm³/mol. The lowest BCUT2D eigenvalue weighted by Crippen LogP contribution is -2.51. The van der Waals surface area contributed by atoms with E-state index in [1.54, 1.807) is 4.90 Å². The molecule has 23 heavy (non-hydrogen) atoms. The van der Waals surface area contributed by atoms with Crippen molar-refractivity contribution in [3.05, 3.63) is 35.4 Å². The average molecular weight is 326 g/mol. The van der Waals surface area contributed by atoms with Crippen LogP contribution < -0.4 is 0 Å². The van der Waals surface area contributed by atoms with Gasteiger partial charge in [0.25, 0.3) is 0 Å². The van der Waals surface area contributed by atoms with Gasteiger partial charge in [0.15, 0.2) is 11.6 Å². The summed E-state index contributed by atoms with van der Waals surface area (Å²) in [5, 5.41) is 8.80. The Labute approximate surface area is 133 Å². The van der Waals surface area contributed by atoms with Gasteiger partial charge in [-0.15, -0.1) is 0 Å². The minimum Gasteiger partial charge on any atom is -0.387 e. The Morgan fingerprint density at radius 2 is 1.61 bits per heavy atom. The zero-order valence-corrected chi connectivity index (χ0v) is 12.8. The number of hydrogen-bond donors (Lipinski definition) is 1. The third-order valence-electron chi connectivity index (χ3n) is 3.96. The number of carbonyl (C=O) groups excluding carboxylic acids is 2. The van der Waals surface area contributed by atoms with Crippen molar-refractivity contribution in [1.29, 1.82) is 0 Å². The van der Waals surface area contributed by atoms with Crippen LogP contribution in [-0.2, 0) is 16.0 Å². The monoisotopic (exact) mass is 326 g/mol. The zero-order valence-electron chi connectivity index (χ0n) is 12.8. The molecule has 0 radical (unpaired) electrons. The van der Waals surface area contributed by atoms with E-state index in [9.17, 15) is 18.4 Å². The van der Waals surface area contributed by atoms with Gasteiger partial charge in [-0.05, 0) is 30.5 Å². The molecule has 0 aliphatic carbocycles. The summed E-state index contributed by atoms with van der Waals surface area (Å²) in [6, 6.07) is 3.76. The van der Waals surface area contributed by atoms with E-state index in [1.807, 2.05) is 0 Å². The van der Waals surface area contributed by atoms with Gasteiger partial charge in [-0.1, -0.05) is 6.07 Å². The molecule has 2 rings (SSSR count). The highest BCUT2D eigenvalue weighted by atomic mass is 19.2. The molecule has 1 aromatic rings. The van der Waals surface area contributed by atoms with E-state index in [-0.39, 0.29) is 11.8 Å². The second-order valence-electron chi connectivity index (χ2n) is 5.52. The third kappa shape index (κ3) is 4.72. The van der Waals surface area contributed by atoms with E-state index in [0.717, 1.165) is 12.1 Å². The molecule has 1 fully saturated rings. The van der Waals surface area contributed by atoms with Crippen LogP contribution in [0.1, 0.15) is 18.4 Å². The van der Waals surface area contributed by atoms with Crippen LogP contribution >= 0.6 is 0 Å². The summed E-state index contributed by atoms with van der Waals surface area (Å²) in [6.45, 7) is 1.25. The molecule has 1 aliphatic rings. The van der Waals surface area contributed by atoms with Gasteiger partial charge in [0, 0.05) is 32.6 Å². The molecule has 1 aromatic carbocycles. The largest absolute Gasteiger partial charge is 0.387 e. The van der Waals surface area contributed by atoms with Gasteiger partial charge in [-0.2, -0.15) is 0 Å². The molecular weight excluding hydrogens is 306 g/mol. The van der Waals surface area contributed by atoms with Crippen LogP contribution in [0.25, 0.3) is 0 Å². The first-order valence-electron chi connectivity index (χ1n) is 7.61. The molecular formula is C16H20F2N2O3. The summed E-state index contributed by atoms with van der Waals surface area (Å²) in [7, 11) is 0. The smallest absolute Gasteiger partial charge is 0.248 e. The number of aryl methyl sites for hydroxylation is 1. The lowest BCUT2D eigenvalue weighted by atomic mass is 10.1. The van der Waals surface area contributed by atoms with Crippen LogP contribution in [-0.4, -0.2) is 59.5 Å². The summed E-state index contributed by atoms with van der Waals surface area (Å²) in [4.78, 5) is 26.7. The van der Waals surface area contributed by atoms with Crippen LogP contribution in [0.3, 0.4) is 0 Å². The number of aliphatic hydroxyl groups is 1. The van der Waals surface area contributed by atoms with E-state index in [4.69, 9.17) is 5.11 Å². The van der Waals surface area contributed by atoms with Gasteiger partial charge >= 0.3 is 0 Å². The molecule has 1 N–H and O–H groups in total. The highest BCUT2D eigenvalue weighted by molar-refractivity contribution is 5.79. The Morgan fingerprint density at radius 3 is 2.17 bits per heavy atom. The summed E-state index contributed by atoms with van der Waals surface area (Å²) in [6.07, 6.45) is 1.39. The van der Waals surface area contributed by atoms with E-state index in [1.165, 1.54) is 11.0 Å². The van der Waals surface area contributed by atoms with Gasteiger partial charge in [-0.3, -0.25) is 9.59 Å². The first kappa shape index (κ1) is 17.3. The Kier molecular flexibility index (Phi) is 6.04. The number of carbonyl (C=O) groups is 2. The Bertz CT molecular complexity index is 572. The molecule has 5 nitrogen and oxygen atoms in total. The molecule has 1 saturated heterocycles. The summed E-state index contributed by atoms with van der Waals surface area (Å²) >= 11 is 0. The minimum atomic E-state index is -0.876. The van der Waals surface area contributed by atoms with Crippen LogP contribution in [0.2, 0.25) is 0 Å². The second-order valence-corrected chi connectivity index (χ2v) is 5.52. The lowest BCUT2D eigenvalue weighted by Gasteiger charge is -2.34. The second kappa shape index (κ2) is 8.01. The predicted octanol–water partition coefficient (Wildman–Crippen LogP) is 0.951. The number of amides is 2. The third-order valence-corrected chi connectivity index (χ3v) is 3.96. The quantitative estimate of drug-likeness (QED) is 0.876. The fraction of sp³-hybridized carbons (Fsp3) is 0.500. The summed E-state index contributed by atoms with van der Waals surface area (Å²) in [5.74, 6) is -2.09. The molecule has 126 valence electrons. The Balaban J connectivity index is 1.73. The molecule has 0 spiro atoms. The maximum absolute atomic E-state index is 13.1. The van der Waals surface area contributed by atoms with E-state index < -0.39 is 18.2 Å². The van der Waals surface area contributed by atoms with Crippen molar-refractivity contribution < 1.29 is 23.5 Å². The number of aliphatic hydroxyl groups excluding tert-OH is 1. The first-order chi connectivity index (χ1) is 11.0. The SMILES string of the molecule is O=C(CO)N1CCN(C(=O)CCCc2ccc(F)c(F)c2)CC1. The number of halogens is 2. The highest BCUT2D eigenvalue weighted by Gasteiger charge is 2.23. The molecule has 0 saturated carbocycles. The van der Waals surface area contributed by atoms with Crippen molar-refractivity contribution in [2.45, 2.75) is 19.3 Å². The van der Waals surface area contributed by atoms with Gasteiger partial charge in [0.05, 0.1) is 0 Å². The maximum atomic E-state index is 13.1. The standard InChI is InChI=1S/C16H20F2N2O3/c17-13-5-4-12(10-14(13)18)2-1-3-15(22)19-6-8-20(9-7-19)16(23)11-21/h4-5,10,21H,1-3,6-9,11H2. The lowest BCUT2D eigenvalue weighted by molar-refractivity contribution is -0.141. The molecule has 2 amide bonds. The normalized spacial score (nSPS) is 14.9. The Hall–Kier alpha value is -2.02. The zero-order chi connectivity index (χ0) is 16.8. The number of benzene rings is 1. The molecule has 0 atom stereocenters. The first-order valence-corrected chi connectivity index (χ1v) is 7.61. The number of hydrogen-bond acceptors (Lipinski definition) is 3. The molecule has 1 heterocycles. The molecule has 1 aliphatic heterocycles. The Morgan fingerprint density at radius 1 is 1.00 bits per heavy atom.